The Morgan fingerprint density at radius 2 is 2.14 bits per heavy atom. The molecule has 7 heavy (non-hydrogen) atoms. The summed E-state index contributed by atoms with van der Waals surface area (Å²) in [6.07, 6.45) is 0. The van der Waals surface area contributed by atoms with E-state index in [1.165, 1.54) is 0 Å². The van der Waals surface area contributed by atoms with Crippen LogP contribution in [0.4, 0.5) is 0 Å². The van der Waals surface area contributed by atoms with Gasteiger partial charge in [-0.05, 0) is 10.8 Å². The minimum atomic E-state index is -1.68. The van der Waals surface area contributed by atoms with Gasteiger partial charge in [0.2, 0.25) is 10.1 Å². The molecule has 0 aromatic carbocycles. The van der Waals surface area contributed by atoms with Gasteiger partial charge in [-0.2, -0.15) is 0 Å². The van der Waals surface area contributed by atoms with E-state index in [0.29, 0.717) is 0 Å². The molecule has 0 aliphatic carbocycles. The van der Waals surface area contributed by atoms with E-state index in [1.807, 2.05) is 13.8 Å². The Hall–Kier alpha value is 0.460. The molecule has 1 N–H and O–H groups in total. The van der Waals surface area contributed by atoms with E-state index in [2.05, 4.69) is 0 Å². The monoisotopic (exact) mass is 140 g/mol. The third kappa shape index (κ3) is 6.46. The molecule has 0 saturated heterocycles. The van der Waals surface area contributed by atoms with Crippen LogP contribution in [0.3, 0.4) is 0 Å². The van der Waals surface area contributed by atoms with Gasteiger partial charge in [0, 0.05) is 5.25 Å². The predicted molar refractivity (Wildman–Crippen MR) is 33.5 cm³/mol. The largest absolute Gasteiger partial charge is 0.298 e. The molecule has 0 aliphatic rings. The van der Waals surface area contributed by atoms with Crippen LogP contribution in [-0.2, 0) is 10.1 Å². The second kappa shape index (κ2) is 3.46. The molecule has 44 valence electrons. The van der Waals surface area contributed by atoms with E-state index in [9.17, 15) is 4.21 Å². The van der Waals surface area contributed by atoms with Gasteiger partial charge in [-0.1, -0.05) is 13.8 Å². The summed E-state index contributed by atoms with van der Waals surface area (Å²) in [5.74, 6) is 0. The quantitative estimate of drug-likeness (QED) is 0.463. The Kier molecular flexibility index (Phi) is 3.69. The van der Waals surface area contributed by atoms with Crippen LogP contribution in [0.1, 0.15) is 13.8 Å². The topological polar surface area (TPSA) is 37.3 Å². The zero-order chi connectivity index (χ0) is 5.86. The first-order valence-electron chi connectivity index (χ1n) is 1.91. The van der Waals surface area contributed by atoms with Crippen molar-refractivity contribution in [2.24, 2.45) is 0 Å². The maximum atomic E-state index is 9.88. The minimum Gasteiger partial charge on any atom is -0.298 e. The summed E-state index contributed by atoms with van der Waals surface area (Å²) in [6.45, 7) is 3.75. The first kappa shape index (κ1) is 7.46. The Morgan fingerprint density at radius 3 is 2.14 bits per heavy atom. The van der Waals surface area contributed by atoms with Gasteiger partial charge in [0.05, 0.1) is 0 Å². The Balaban J connectivity index is 3.13. The lowest BCUT2D eigenvalue weighted by molar-refractivity contribution is 0.581. The van der Waals surface area contributed by atoms with Crippen molar-refractivity contribution in [2.45, 2.75) is 19.1 Å². The van der Waals surface area contributed by atoms with E-state index in [1.54, 1.807) is 0 Å². The fourth-order valence-corrected chi connectivity index (χ4v) is 1.48. The summed E-state index contributed by atoms with van der Waals surface area (Å²) >= 11 is 0. The molecule has 0 aromatic heterocycles. The van der Waals surface area contributed by atoms with E-state index < -0.39 is 10.1 Å². The normalized spacial score (nSPS) is 14.9. The molecule has 0 fully saturated rings. The van der Waals surface area contributed by atoms with Crippen molar-refractivity contribution < 1.29 is 8.76 Å². The van der Waals surface area contributed by atoms with Gasteiger partial charge in [0.25, 0.3) is 0 Å². The first-order chi connectivity index (χ1) is 3.13. The molecular weight excluding hydrogens is 132 g/mol. The third-order valence-electron chi connectivity index (χ3n) is 0.275. The van der Waals surface area contributed by atoms with Crippen LogP contribution < -0.4 is 0 Å². The van der Waals surface area contributed by atoms with Crippen LogP contribution >= 0.6 is 10.8 Å². The van der Waals surface area contributed by atoms with Gasteiger partial charge in [0.15, 0.2) is 0 Å². The smallest absolute Gasteiger partial charge is 0.216 e. The minimum absolute atomic E-state index is 0.242. The maximum absolute atomic E-state index is 9.88. The molecule has 0 bridgehead atoms. The third-order valence-corrected chi connectivity index (χ3v) is 2.47. The van der Waals surface area contributed by atoms with Crippen molar-refractivity contribution in [3.8, 4) is 0 Å². The van der Waals surface area contributed by atoms with Crippen LogP contribution in [0.2, 0.25) is 0 Å². The van der Waals surface area contributed by atoms with E-state index in [4.69, 9.17) is 4.55 Å². The van der Waals surface area contributed by atoms with Crippen molar-refractivity contribution in [1.82, 2.24) is 0 Å². The summed E-state index contributed by atoms with van der Waals surface area (Å²) in [7, 11) is -0.642. The second-order valence-electron chi connectivity index (χ2n) is 1.36. The van der Waals surface area contributed by atoms with Crippen molar-refractivity contribution in [3.05, 3.63) is 0 Å². The van der Waals surface area contributed by atoms with Crippen LogP contribution in [0.25, 0.3) is 0 Å². The number of rotatable bonds is 2. The zero-order valence-corrected chi connectivity index (χ0v) is 5.88. The van der Waals surface area contributed by atoms with Gasteiger partial charge in [-0.25, -0.2) is 4.21 Å². The van der Waals surface area contributed by atoms with Crippen LogP contribution in [0.15, 0.2) is 0 Å². The molecule has 1 atom stereocenters. The second-order valence-corrected chi connectivity index (χ2v) is 4.36. The van der Waals surface area contributed by atoms with E-state index in [0.717, 1.165) is 10.8 Å². The molecule has 1 unspecified atom stereocenters. The van der Waals surface area contributed by atoms with Crippen molar-refractivity contribution >= 4 is 20.9 Å². The molecular formula is C3H8O2S2. The number of hydrogen-bond acceptors (Lipinski definition) is 2. The van der Waals surface area contributed by atoms with E-state index in [-0.39, 0.29) is 5.25 Å². The van der Waals surface area contributed by atoms with Gasteiger partial charge in [0.1, 0.15) is 0 Å². The van der Waals surface area contributed by atoms with Crippen LogP contribution in [0, 0.1) is 0 Å². The maximum Gasteiger partial charge on any atom is 0.216 e. The molecule has 0 saturated carbocycles. The van der Waals surface area contributed by atoms with Gasteiger partial charge in [-0.15, -0.1) is 0 Å². The average molecular weight is 140 g/mol. The number of hydrogen-bond donors (Lipinski definition) is 1. The SMILES string of the molecule is CC(C)SS(=O)O. The summed E-state index contributed by atoms with van der Waals surface area (Å²) in [4.78, 5) is 0. The summed E-state index contributed by atoms with van der Waals surface area (Å²) in [5.41, 5.74) is 0. The molecule has 0 radical (unpaired) electrons. The summed E-state index contributed by atoms with van der Waals surface area (Å²) in [6, 6.07) is 0. The fourth-order valence-electron chi connectivity index (χ4n) is 0.165. The lowest BCUT2D eigenvalue weighted by atomic mass is 10.6. The summed E-state index contributed by atoms with van der Waals surface area (Å²) < 4.78 is 18.0. The van der Waals surface area contributed by atoms with Gasteiger partial charge in [-0.3, -0.25) is 4.55 Å². The van der Waals surface area contributed by atoms with E-state index >= 15 is 0 Å². The molecule has 0 amide bonds. The van der Waals surface area contributed by atoms with Crippen LogP contribution in [0.5, 0.6) is 0 Å². The zero-order valence-electron chi connectivity index (χ0n) is 4.25. The Morgan fingerprint density at radius 1 is 1.71 bits per heavy atom. The average Bonchev–Trinajstić information content (AvgIpc) is 1.27. The molecule has 2 nitrogen and oxygen atoms in total. The predicted octanol–water partition coefficient (Wildman–Crippen LogP) is 1.26. The highest BCUT2D eigenvalue weighted by atomic mass is 33.1. The molecule has 0 aliphatic heterocycles. The van der Waals surface area contributed by atoms with Crippen LogP contribution in [-0.4, -0.2) is 14.0 Å². The van der Waals surface area contributed by atoms with Crippen molar-refractivity contribution in [1.29, 1.82) is 0 Å². The summed E-state index contributed by atoms with van der Waals surface area (Å²) in [5, 5.41) is 0.242. The lowest BCUT2D eigenvalue weighted by Gasteiger charge is -1.94. The fraction of sp³-hybridized carbons (Fsp3) is 1.00. The molecule has 0 rings (SSSR count). The highest BCUT2D eigenvalue weighted by Gasteiger charge is 1.96. The lowest BCUT2D eigenvalue weighted by Crippen LogP contribution is -1.88. The highest BCUT2D eigenvalue weighted by Crippen LogP contribution is 2.10. The standard InChI is InChI=1S/C3H8O2S2/c1-3(2)6-7(4)5/h3H,1-2H3,(H,4,5). The molecule has 0 heterocycles. The molecule has 0 spiro atoms. The molecule has 4 heteroatoms. The molecule has 0 aromatic rings. The van der Waals surface area contributed by atoms with Gasteiger partial charge < -0.3 is 0 Å². The van der Waals surface area contributed by atoms with Crippen molar-refractivity contribution in [3.63, 3.8) is 0 Å². The Labute approximate surface area is 49.4 Å². The van der Waals surface area contributed by atoms with Crippen molar-refractivity contribution in [2.75, 3.05) is 0 Å². The highest BCUT2D eigenvalue weighted by molar-refractivity contribution is 8.67. The van der Waals surface area contributed by atoms with Gasteiger partial charge >= 0.3 is 0 Å². The Bertz CT molecular complexity index is 71.3. The first-order valence-corrected chi connectivity index (χ1v) is 4.41.